The van der Waals surface area contributed by atoms with E-state index in [2.05, 4.69) is 4.90 Å². The molecule has 2 aliphatic rings. The Morgan fingerprint density at radius 3 is 2.53 bits per heavy atom. The SMILES string of the molecule is CC(C)CC(=O)C(=O)N(CC1CCN(Cc2ccccc2F)CC1)C[C@@H]1CCCO1. The zero-order valence-corrected chi connectivity index (χ0v) is 18.3. The van der Waals surface area contributed by atoms with Gasteiger partial charge in [-0.05, 0) is 56.7 Å². The molecule has 1 atom stereocenters. The second-order valence-corrected chi connectivity index (χ2v) is 9.18. The van der Waals surface area contributed by atoms with Crippen molar-refractivity contribution < 1.29 is 18.7 Å². The molecular formula is C24H35FN2O3. The smallest absolute Gasteiger partial charge is 0.290 e. The van der Waals surface area contributed by atoms with E-state index in [0.717, 1.165) is 50.9 Å². The van der Waals surface area contributed by atoms with Gasteiger partial charge in [0.2, 0.25) is 5.78 Å². The number of carbonyl (C=O) groups excluding carboxylic acids is 2. The molecule has 1 aromatic rings. The second-order valence-electron chi connectivity index (χ2n) is 9.18. The van der Waals surface area contributed by atoms with Gasteiger partial charge in [0.15, 0.2) is 0 Å². The Balaban J connectivity index is 1.54. The molecule has 166 valence electrons. The Kier molecular flexibility index (Phi) is 8.40. The number of carbonyl (C=O) groups is 2. The number of halogens is 1. The number of hydrogen-bond donors (Lipinski definition) is 0. The Labute approximate surface area is 179 Å². The molecule has 2 aliphatic heterocycles. The van der Waals surface area contributed by atoms with Crippen LogP contribution in [0.25, 0.3) is 0 Å². The summed E-state index contributed by atoms with van der Waals surface area (Å²) in [6.45, 7) is 8.14. The Morgan fingerprint density at radius 1 is 1.17 bits per heavy atom. The van der Waals surface area contributed by atoms with E-state index in [4.69, 9.17) is 4.74 Å². The van der Waals surface area contributed by atoms with E-state index in [1.807, 2.05) is 26.0 Å². The summed E-state index contributed by atoms with van der Waals surface area (Å²) in [5.41, 5.74) is 0.727. The molecule has 0 bridgehead atoms. The van der Waals surface area contributed by atoms with Crippen molar-refractivity contribution in [3.8, 4) is 0 Å². The molecule has 0 aliphatic carbocycles. The molecule has 1 aromatic carbocycles. The van der Waals surface area contributed by atoms with Crippen LogP contribution >= 0.6 is 0 Å². The topological polar surface area (TPSA) is 49.9 Å². The number of amides is 1. The van der Waals surface area contributed by atoms with E-state index in [1.165, 1.54) is 6.07 Å². The van der Waals surface area contributed by atoms with Crippen molar-refractivity contribution in [1.82, 2.24) is 9.80 Å². The lowest BCUT2D eigenvalue weighted by molar-refractivity contribution is -0.146. The van der Waals surface area contributed by atoms with Crippen molar-refractivity contribution >= 4 is 11.7 Å². The summed E-state index contributed by atoms with van der Waals surface area (Å²) in [6, 6.07) is 6.92. The maximum absolute atomic E-state index is 13.9. The maximum Gasteiger partial charge on any atom is 0.290 e. The highest BCUT2D eigenvalue weighted by atomic mass is 19.1. The fraction of sp³-hybridized carbons (Fsp3) is 0.667. The summed E-state index contributed by atoms with van der Waals surface area (Å²) < 4.78 is 19.7. The standard InChI is InChI=1S/C24H35FN2O3/c1-18(2)14-23(28)24(29)27(17-21-7-5-13-30-21)15-19-9-11-26(12-10-19)16-20-6-3-4-8-22(20)25/h3-4,6,8,18-19,21H,5,7,9-17H2,1-2H3/t21-/m0/s1. The molecule has 0 spiro atoms. The highest BCUT2D eigenvalue weighted by Crippen LogP contribution is 2.23. The Morgan fingerprint density at radius 2 is 1.90 bits per heavy atom. The molecule has 0 radical (unpaired) electrons. The third-order valence-electron chi connectivity index (χ3n) is 6.10. The molecule has 0 unspecified atom stereocenters. The minimum absolute atomic E-state index is 0.0435. The highest BCUT2D eigenvalue weighted by Gasteiger charge is 2.30. The molecule has 3 rings (SSSR count). The highest BCUT2D eigenvalue weighted by molar-refractivity contribution is 6.36. The van der Waals surface area contributed by atoms with Gasteiger partial charge in [-0.15, -0.1) is 0 Å². The van der Waals surface area contributed by atoms with Crippen LogP contribution in [0.5, 0.6) is 0 Å². The second kappa shape index (κ2) is 11.0. The van der Waals surface area contributed by atoms with Crippen LogP contribution in [0.2, 0.25) is 0 Å². The van der Waals surface area contributed by atoms with Gasteiger partial charge < -0.3 is 9.64 Å². The molecular weight excluding hydrogens is 383 g/mol. The van der Waals surface area contributed by atoms with Crippen molar-refractivity contribution in [3.63, 3.8) is 0 Å². The van der Waals surface area contributed by atoms with Gasteiger partial charge in [-0.25, -0.2) is 4.39 Å². The minimum atomic E-state index is -0.354. The van der Waals surface area contributed by atoms with Crippen LogP contribution in [0, 0.1) is 17.7 Å². The lowest BCUT2D eigenvalue weighted by Gasteiger charge is -2.35. The predicted molar refractivity (Wildman–Crippen MR) is 114 cm³/mol. The number of ketones is 1. The largest absolute Gasteiger partial charge is 0.376 e. The zero-order chi connectivity index (χ0) is 21.5. The number of Topliss-reactive ketones (excluding diaryl/α,β-unsaturated/α-hetero) is 1. The van der Waals surface area contributed by atoms with Crippen LogP contribution in [0.1, 0.15) is 51.5 Å². The number of piperidine rings is 1. The van der Waals surface area contributed by atoms with Gasteiger partial charge in [-0.3, -0.25) is 14.5 Å². The molecule has 0 aromatic heterocycles. The average molecular weight is 419 g/mol. The first-order valence-electron chi connectivity index (χ1n) is 11.3. The van der Waals surface area contributed by atoms with E-state index in [0.29, 0.717) is 32.0 Å². The van der Waals surface area contributed by atoms with Crippen molar-refractivity contribution in [3.05, 3.63) is 35.6 Å². The van der Waals surface area contributed by atoms with Crippen LogP contribution in [-0.2, 0) is 20.9 Å². The number of rotatable bonds is 9. The summed E-state index contributed by atoms with van der Waals surface area (Å²) in [4.78, 5) is 29.3. The van der Waals surface area contributed by atoms with Crippen molar-refractivity contribution in [2.45, 2.75) is 58.6 Å². The molecule has 5 nitrogen and oxygen atoms in total. The predicted octanol–water partition coefficient (Wildman–Crippen LogP) is 3.66. The molecule has 30 heavy (non-hydrogen) atoms. The van der Waals surface area contributed by atoms with Gasteiger partial charge in [0.05, 0.1) is 6.10 Å². The molecule has 6 heteroatoms. The van der Waals surface area contributed by atoms with Gasteiger partial charge in [0.1, 0.15) is 5.82 Å². The first-order valence-corrected chi connectivity index (χ1v) is 11.3. The van der Waals surface area contributed by atoms with E-state index in [-0.39, 0.29) is 29.5 Å². The lowest BCUT2D eigenvalue weighted by atomic mass is 9.95. The lowest BCUT2D eigenvalue weighted by Crippen LogP contribution is -2.46. The van der Waals surface area contributed by atoms with Crippen LogP contribution in [0.4, 0.5) is 4.39 Å². The zero-order valence-electron chi connectivity index (χ0n) is 18.3. The first kappa shape index (κ1) is 22.9. The normalized spacial score (nSPS) is 20.6. The minimum Gasteiger partial charge on any atom is -0.376 e. The summed E-state index contributed by atoms with van der Waals surface area (Å²) in [5, 5.41) is 0. The van der Waals surface area contributed by atoms with Crippen molar-refractivity contribution in [2.75, 3.05) is 32.8 Å². The number of hydrogen-bond acceptors (Lipinski definition) is 4. The van der Waals surface area contributed by atoms with Crippen LogP contribution in [0.15, 0.2) is 24.3 Å². The van der Waals surface area contributed by atoms with Gasteiger partial charge in [0.25, 0.3) is 5.91 Å². The summed E-state index contributed by atoms with van der Waals surface area (Å²) >= 11 is 0. The number of benzene rings is 1. The molecule has 1 amide bonds. The van der Waals surface area contributed by atoms with E-state index < -0.39 is 0 Å². The number of nitrogens with zero attached hydrogens (tertiary/aromatic N) is 2. The summed E-state index contributed by atoms with van der Waals surface area (Å²) in [5.74, 6) is -0.267. The van der Waals surface area contributed by atoms with E-state index in [1.54, 1.807) is 11.0 Å². The van der Waals surface area contributed by atoms with Crippen LogP contribution < -0.4 is 0 Å². The molecule has 2 heterocycles. The summed E-state index contributed by atoms with van der Waals surface area (Å²) in [6.07, 6.45) is 4.19. The van der Waals surface area contributed by atoms with Gasteiger partial charge in [0, 0.05) is 38.2 Å². The van der Waals surface area contributed by atoms with Crippen molar-refractivity contribution in [1.29, 1.82) is 0 Å². The van der Waals surface area contributed by atoms with E-state index >= 15 is 0 Å². The molecule has 2 fully saturated rings. The van der Waals surface area contributed by atoms with Crippen molar-refractivity contribution in [2.24, 2.45) is 11.8 Å². The molecule has 0 N–H and O–H groups in total. The molecule has 2 saturated heterocycles. The maximum atomic E-state index is 13.9. The van der Waals surface area contributed by atoms with E-state index in [9.17, 15) is 14.0 Å². The first-order chi connectivity index (χ1) is 14.4. The third-order valence-corrected chi connectivity index (χ3v) is 6.10. The Bertz CT molecular complexity index is 710. The van der Waals surface area contributed by atoms with Crippen LogP contribution in [0.3, 0.4) is 0 Å². The van der Waals surface area contributed by atoms with Crippen LogP contribution in [-0.4, -0.2) is 60.4 Å². The fourth-order valence-corrected chi connectivity index (χ4v) is 4.42. The summed E-state index contributed by atoms with van der Waals surface area (Å²) in [7, 11) is 0. The quantitative estimate of drug-likeness (QED) is 0.575. The van der Waals surface area contributed by atoms with Gasteiger partial charge >= 0.3 is 0 Å². The Hall–Kier alpha value is -1.79. The number of likely N-dealkylation sites (tertiary alicyclic amines) is 1. The average Bonchev–Trinajstić information content (AvgIpc) is 3.22. The monoisotopic (exact) mass is 418 g/mol. The van der Waals surface area contributed by atoms with Gasteiger partial charge in [-0.1, -0.05) is 32.0 Å². The van der Waals surface area contributed by atoms with Gasteiger partial charge in [-0.2, -0.15) is 0 Å². The fourth-order valence-electron chi connectivity index (χ4n) is 4.42. The molecule has 0 saturated carbocycles. The third kappa shape index (κ3) is 6.61. The number of ether oxygens (including phenoxy) is 1.